The molecule has 0 unspecified atom stereocenters. The standard InChI is InChI=1S/C19H21Cl2NOS/c1-12-4-6-16(13(2)8-12)14(3)22-19(23)11-24-10-15-5-7-17(20)18(21)9-15/h4-9,14H,10-11H2,1-3H3,(H,22,23)/t14-/m1/s1. The molecule has 0 aliphatic carbocycles. The minimum absolute atomic E-state index is 0.00340. The van der Waals surface area contributed by atoms with E-state index in [0.717, 1.165) is 16.9 Å². The molecule has 0 aliphatic rings. The molecule has 2 aromatic carbocycles. The molecule has 0 fully saturated rings. The Bertz CT molecular complexity index is 733. The summed E-state index contributed by atoms with van der Waals surface area (Å²) < 4.78 is 0. The van der Waals surface area contributed by atoms with E-state index >= 15 is 0 Å². The third kappa shape index (κ3) is 5.44. The van der Waals surface area contributed by atoms with E-state index in [2.05, 4.69) is 37.4 Å². The highest BCUT2D eigenvalue weighted by molar-refractivity contribution is 7.99. The van der Waals surface area contributed by atoms with E-state index in [1.165, 1.54) is 11.1 Å². The summed E-state index contributed by atoms with van der Waals surface area (Å²) in [5, 5.41) is 4.15. The summed E-state index contributed by atoms with van der Waals surface area (Å²) in [4.78, 5) is 12.1. The molecule has 2 rings (SSSR count). The summed E-state index contributed by atoms with van der Waals surface area (Å²) >= 11 is 13.5. The van der Waals surface area contributed by atoms with Gasteiger partial charge in [0.05, 0.1) is 21.8 Å². The molecule has 2 nitrogen and oxygen atoms in total. The van der Waals surface area contributed by atoms with Gasteiger partial charge in [0.25, 0.3) is 0 Å². The molecule has 0 spiro atoms. The van der Waals surface area contributed by atoms with Crippen LogP contribution in [0.1, 0.15) is 35.2 Å². The van der Waals surface area contributed by atoms with Crippen LogP contribution in [-0.4, -0.2) is 11.7 Å². The zero-order valence-electron chi connectivity index (χ0n) is 14.0. The molecule has 0 bridgehead atoms. The van der Waals surface area contributed by atoms with Crippen LogP contribution in [0.5, 0.6) is 0 Å². The fourth-order valence-corrected chi connectivity index (χ4v) is 3.67. The summed E-state index contributed by atoms with van der Waals surface area (Å²) in [6, 6.07) is 11.8. The van der Waals surface area contributed by atoms with Crippen LogP contribution in [0.3, 0.4) is 0 Å². The number of rotatable bonds is 6. The maximum atomic E-state index is 12.1. The SMILES string of the molecule is Cc1ccc([C@@H](C)NC(=O)CSCc2ccc(Cl)c(Cl)c2)c(C)c1. The third-order valence-electron chi connectivity index (χ3n) is 3.76. The fourth-order valence-electron chi connectivity index (χ4n) is 2.56. The van der Waals surface area contributed by atoms with Gasteiger partial charge in [-0.05, 0) is 49.6 Å². The first-order chi connectivity index (χ1) is 11.4. The van der Waals surface area contributed by atoms with Crippen molar-refractivity contribution in [1.29, 1.82) is 0 Å². The maximum absolute atomic E-state index is 12.1. The van der Waals surface area contributed by atoms with Gasteiger partial charge in [-0.3, -0.25) is 4.79 Å². The van der Waals surface area contributed by atoms with Crippen LogP contribution < -0.4 is 5.32 Å². The lowest BCUT2D eigenvalue weighted by molar-refractivity contribution is -0.119. The van der Waals surface area contributed by atoms with Gasteiger partial charge in [-0.25, -0.2) is 0 Å². The van der Waals surface area contributed by atoms with Gasteiger partial charge in [0.15, 0.2) is 0 Å². The Hall–Kier alpha value is -1.16. The van der Waals surface area contributed by atoms with Crippen molar-refractivity contribution in [3.05, 3.63) is 68.7 Å². The lowest BCUT2D eigenvalue weighted by Gasteiger charge is -2.17. The molecule has 0 saturated carbocycles. The quantitative estimate of drug-likeness (QED) is 0.692. The average Bonchev–Trinajstić information content (AvgIpc) is 2.50. The topological polar surface area (TPSA) is 29.1 Å². The van der Waals surface area contributed by atoms with Gasteiger partial charge in [0, 0.05) is 5.75 Å². The first kappa shape index (κ1) is 19.2. The molecule has 2 aromatic rings. The zero-order chi connectivity index (χ0) is 17.7. The van der Waals surface area contributed by atoms with Gasteiger partial charge in [-0.15, -0.1) is 11.8 Å². The van der Waals surface area contributed by atoms with Crippen LogP contribution in [0, 0.1) is 13.8 Å². The smallest absolute Gasteiger partial charge is 0.230 e. The number of benzene rings is 2. The average molecular weight is 382 g/mol. The van der Waals surface area contributed by atoms with Crippen molar-refractivity contribution in [2.45, 2.75) is 32.6 Å². The lowest BCUT2D eigenvalue weighted by Crippen LogP contribution is -2.28. The van der Waals surface area contributed by atoms with E-state index in [4.69, 9.17) is 23.2 Å². The minimum Gasteiger partial charge on any atom is -0.349 e. The van der Waals surface area contributed by atoms with E-state index in [-0.39, 0.29) is 11.9 Å². The third-order valence-corrected chi connectivity index (χ3v) is 5.50. The van der Waals surface area contributed by atoms with Gasteiger partial charge in [0.2, 0.25) is 5.91 Å². The minimum atomic E-state index is 0.00340. The Morgan fingerprint density at radius 2 is 1.88 bits per heavy atom. The largest absolute Gasteiger partial charge is 0.349 e. The Kier molecular flexibility index (Phi) is 7.02. The van der Waals surface area contributed by atoms with Crippen LogP contribution in [0.15, 0.2) is 36.4 Å². The Morgan fingerprint density at radius 1 is 1.12 bits per heavy atom. The molecule has 0 aliphatic heterocycles. The number of carbonyl (C=O) groups is 1. The normalized spacial score (nSPS) is 12.0. The molecule has 1 amide bonds. The second kappa shape index (κ2) is 8.80. The van der Waals surface area contributed by atoms with Crippen molar-refractivity contribution in [3.8, 4) is 0 Å². The van der Waals surface area contributed by atoms with Crippen molar-refractivity contribution in [3.63, 3.8) is 0 Å². The molecule has 24 heavy (non-hydrogen) atoms. The first-order valence-electron chi connectivity index (χ1n) is 7.75. The lowest BCUT2D eigenvalue weighted by atomic mass is 10.0. The molecular weight excluding hydrogens is 361 g/mol. The Balaban J connectivity index is 1.83. The van der Waals surface area contributed by atoms with Crippen molar-refractivity contribution in [2.24, 2.45) is 0 Å². The van der Waals surface area contributed by atoms with Gasteiger partial charge >= 0.3 is 0 Å². The predicted molar refractivity (Wildman–Crippen MR) is 105 cm³/mol. The number of halogens is 2. The number of aryl methyl sites for hydroxylation is 2. The first-order valence-corrected chi connectivity index (χ1v) is 9.66. The summed E-state index contributed by atoms with van der Waals surface area (Å²) in [5.41, 5.74) is 4.64. The van der Waals surface area contributed by atoms with Crippen LogP contribution in [0.2, 0.25) is 10.0 Å². The summed E-state index contributed by atoms with van der Waals surface area (Å²) in [7, 11) is 0. The van der Waals surface area contributed by atoms with Gasteiger partial charge < -0.3 is 5.32 Å². The molecule has 1 atom stereocenters. The second-order valence-electron chi connectivity index (χ2n) is 5.89. The van der Waals surface area contributed by atoms with Crippen LogP contribution in [0.25, 0.3) is 0 Å². The summed E-state index contributed by atoms with van der Waals surface area (Å²) in [6.07, 6.45) is 0. The van der Waals surface area contributed by atoms with E-state index in [1.807, 2.05) is 19.1 Å². The van der Waals surface area contributed by atoms with Crippen molar-refractivity contribution in [1.82, 2.24) is 5.32 Å². The van der Waals surface area contributed by atoms with E-state index in [1.54, 1.807) is 17.8 Å². The van der Waals surface area contributed by atoms with Crippen molar-refractivity contribution < 1.29 is 4.79 Å². The van der Waals surface area contributed by atoms with Crippen LogP contribution in [-0.2, 0) is 10.5 Å². The Morgan fingerprint density at radius 3 is 2.54 bits per heavy atom. The van der Waals surface area contributed by atoms with Crippen molar-refractivity contribution in [2.75, 3.05) is 5.75 Å². The molecule has 1 N–H and O–H groups in total. The fraction of sp³-hybridized carbons (Fsp3) is 0.316. The number of carbonyl (C=O) groups excluding carboxylic acids is 1. The highest BCUT2D eigenvalue weighted by Crippen LogP contribution is 2.25. The van der Waals surface area contributed by atoms with Crippen molar-refractivity contribution >= 4 is 40.9 Å². The van der Waals surface area contributed by atoms with Crippen LogP contribution >= 0.6 is 35.0 Å². The summed E-state index contributed by atoms with van der Waals surface area (Å²) in [6.45, 7) is 6.16. The second-order valence-corrected chi connectivity index (χ2v) is 7.69. The molecule has 5 heteroatoms. The zero-order valence-corrected chi connectivity index (χ0v) is 16.4. The number of thioether (sulfide) groups is 1. The van der Waals surface area contributed by atoms with Gasteiger partial charge in [0.1, 0.15) is 0 Å². The van der Waals surface area contributed by atoms with E-state index in [9.17, 15) is 4.79 Å². The van der Waals surface area contributed by atoms with Crippen LogP contribution in [0.4, 0.5) is 0 Å². The molecule has 0 saturated heterocycles. The number of amides is 1. The molecule has 128 valence electrons. The molecule has 0 radical (unpaired) electrons. The number of hydrogen-bond acceptors (Lipinski definition) is 2. The highest BCUT2D eigenvalue weighted by atomic mass is 35.5. The number of hydrogen-bond donors (Lipinski definition) is 1. The molecule has 0 aromatic heterocycles. The molecular formula is C19H21Cl2NOS. The van der Waals surface area contributed by atoms with Gasteiger partial charge in [-0.1, -0.05) is 53.0 Å². The highest BCUT2D eigenvalue weighted by Gasteiger charge is 2.12. The van der Waals surface area contributed by atoms with E-state index < -0.39 is 0 Å². The van der Waals surface area contributed by atoms with E-state index in [0.29, 0.717) is 15.8 Å². The predicted octanol–water partition coefficient (Wildman–Crippen LogP) is 5.72. The van der Waals surface area contributed by atoms with Gasteiger partial charge in [-0.2, -0.15) is 0 Å². The Labute approximate surface area is 157 Å². The number of nitrogens with one attached hydrogen (secondary N) is 1. The molecule has 0 heterocycles. The monoisotopic (exact) mass is 381 g/mol. The summed E-state index contributed by atoms with van der Waals surface area (Å²) in [5.74, 6) is 1.17. The maximum Gasteiger partial charge on any atom is 0.230 e.